The van der Waals surface area contributed by atoms with E-state index in [1.165, 1.54) is 0 Å². The topological polar surface area (TPSA) is 54.6 Å². The summed E-state index contributed by atoms with van der Waals surface area (Å²) in [5, 5.41) is 21.1. The Hall–Kier alpha value is -0.200. The molecule has 0 aliphatic carbocycles. The number of rotatable bonds is 2. The molecule has 0 bridgehead atoms. The van der Waals surface area contributed by atoms with Gasteiger partial charge in [-0.2, -0.15) is 0 Å². The van der Waals surface area contributed by atoms with Crippen LogP contribution in [0.4, 0.5) is 0 Å². The molecule has 1 aromatic heterocycles. The number of aromatic nitrogens is 1. The van der Waals surface area contributed by atoms with Gasteiger partial charge in [0.05, 0.1) is 33.3 Å². The van der Waals surface area contributed by atoms with Crippen molar-refractivity contribution in [1.29, 1.82) is 0 Å². The summed E-state index contributed by atoms with van der Waals surface area (Å²) < 4.78 is 7.28. The van der Waals surface area contributed by atoms with Crippen molar-refractivity contribution in [2.24, 2.45) is 0 Å². The van der Waals surface area contributed by atoms with Crippen LogP contribution in [-0.2, 0) is 4.74 Å². The molecule has 0 spiro atoms. The number of hydrogen-bond acceptors (Lipinski definition) is 3. The normalized spacial score (nSPS) is 25.9. The summed E-state index contributed by atoms with van der Waals surface area (Å²) in [6, 6.07) is 3.29. The van der Waals surface area contributed by atoms with E-state index in [4.69, 9.17) is 51.1 Å². The molecule has 8 heteroatoms. The number of ether oxygens (including phenoxy) is 1. The van der Waals surface area contributed by atoms with Crippen LogP contribution in [0, 0.1) is 0 Å². The zero-order valence-corrected chi connectivity index (χ0v) is 13.6. The van der Waals surface area contributed by atoms with Gasteiger partial charge in [-0.25, -0.2) is 0 Å². The number of nitrogens with zero attached hydrogens (tertiary/aromatic N) is 1. The molecule has 114 valence electrons. The SMILES string of the molecule is OC[C@H]1O[C@@H](n2c(Cl)c(Cl)c3cc(Cl)c(Cl)cc32)C[C@@H]1O. The van der Waals surface area contributed by atoms with Crippen LogP contribution in [0.1, 0.15) is 12.6 Å². The Balaban J connectivity index is 2.15. The quantitative estimate of drug-likeness (QED) is 0.842. The molecule has 0 unspecified atom stereocenters. The molecule has 3 rings (SSSR count). The summed E-state index contributed by atoms with van der Waals surface area (Å²) in [6.07, 6.45) is -1.65. The van der Waals surface area contributed by atoms with Gasteiger partial charge in [0.25, 0.3) is 0 Å². The fourth-order valence-electron chi connectivity index (χ4n) is 2.55. The fraction of sp³-hybridized carbons (Fsp3) is 0.385. The van der Waals surface area contributed by atoms with Crippen molar-refractivity contribution in [2.45, 2.75) is 24.9 Å². The molecular weight excluding hydrogens is 360 g/mol. The largest absolute Gasteiger partial charge is 0.394 e. The van der Waals surface area contributed by atoms with Crippen molar-refractivity contribution in [2.75, 3.05) is 6.61 Å². The van der Waals surface area contributed by atoms with Crippen LogP contribution in [-0.4, -0.2) is 33.6 Å². The third-order valence-electron chi connectivity index (χ3n) is 3.60. The molecule has 1 fully saturated rings. The zero-order valence-electron chi connectivity index (χ0n) is 10.6. The maximum Gasteiger partial charge on any atom is 0.138 e. The lowest BCUT2D eigenvalue weighted by atomic mass is 10.2. The van der Waals surface area contributed by atoms with E-state index in [1.807, 2.05) is 0 Å². The minimum atomic E-state index is -0.768. The van der Waals surface area contributed by atoms with Gasteiger partial charge in [-0.3, -0.25) is 0 Å². The van der Waals surface area contributed by atoms with Gasteiger partial charge in [0, 0.05) is 11.8 Å². The van der Waals surface area contributed by atoms with E-state index >= 15 is 0 Å². The predicted octanol–water partition coefficient (Wildman–Crippen LogP) is 3.90. The highest BCUT2D eigenvalue weighted by Gasteiger charge is 2.36. The first-order valence-corrected chi connectivity index (χ1v) is 7.73. The number of hydrogen-bond donors (Lipinski definition) is 2. The molecule has 1 saturated heterocycles. The molecule has 21 heavy (non-hydrogen) atoms. The third kappa shape index (κ3) is 2.53. The number of aliphatic hydroxyl groups excluding tert-OH is 2. The second-order valence-corrected chi connectivity index (χ2v) is 6.42. The molecule has 3 atom stereocenters. The van der Waals surface area contributed by atoms with Crippen molar-refractivity contribution in [3.8, 4) is 0 Å². The highest BCUT2D eigenvalue weighted by molar-refractivity contribution is 6.47. The lowest BCUT2D eigenvalue weighted by Crippen LogP contribution is -2.24. The Morgan fingerprint density at radius 2 is 1.86 bits per heavy atom. The molecule has 4 nitrogen and oxygen atoms in total. The van der Waals surface area contributed by atoms with E-state index in [1.54, 1.807) is 16.7 Å². The fourth-order valence-corrected chi connectivity index (χ4v) is 3.42. The number of fused-ring (bicyclic) bond motifs is 1. The average molecular weight is 371 g/mol. The molecule has 0 radical (unpaired) electrons. The number of halogens is 4. The maximum absolute atomic E-state index is 9.87. The third-order valence-corrected chi connectivity index (χ3v) is 5.17. The van der Waals surface area contributed by atoms with Gasteiger partial charge in [0.15, 0.2) is 0 Å². The van der Waals surface area contributed by atoms with E-state index in [0.717, 1.165) is 0 Å². The molecule has 0 amide bonds. The Kier molecular flexibility index (Phi) is 4.32. The molecule has 2 aromatic rings. The molecule has 1 aliphatic rings. The van der Waals surface area contributed by atoms with Gasteiger partial charge < -0.3 is 19.5 Å². The molecule has 2 N–H and O–H groups in total. The van der Waals surface area contributed by atoms with Crippen LogP contribution in [0.2, 0.25) is 20.2 Å². The summed E-state index contributed by atoms with van der Waals surface area (Å²) >= 11 is 24.6. The number of aliphatic hydroxyl groups is 2. The minimum Gasteiger partial charge on any atom is -0.394 e. The number of benzene rings is 1. The second-order valence-electron chi connectivity index (χ2n) is 4.87. The first-order valence-electron chi connectivity index (χ1n) is 6.22. The van der Waals surface area contributed by atoms with Crippen molar-refractivity contribution in [3.05, 3.63) is 32.4 Å². The van der Waals surface area contributed by atoms with E-state index in [0.29, 0.717) is 32.4 Å². The van der Waals surface area contributed by atoms with Crippen molar-refractivity contribution in [1.82, 2.24) is 4.57 Å². The van der Waals surface area contributed by atoms with Gasteiger partial charge >= 0.3 is 0 Å². The van der Waals surface area contributed by atoms with E-state index in [-0.39, 0.29) is 11.8 Å². The summed E-state index contributed by atoms with van der Waals surface area (Å²) in [4.78, 5) is 0. The minimum absolute atomic E-state index is 0.269. The zero-order chi connectivity index (χ0) is 15.3. The van der Waals surface area contributed by atoms with Crippen molar-refractivity contribution in [3.63, 3.8) is 0 Å². The van der Waals surface area contributed by atoms with Crippen molar-refractivity contribution < 1.29 is 14.9 Å². The van der Waals surface area contributed by atoms with E-state index in [2.05, 4.69) is 0 Å². The maximum atomic E-state index is 9.87. The van der Waals surface area contributed by atoms with Gasteiger partial charge in [-0.15, -0.1) is 0 Å². The standard InChI is InChI=1S/C13H11Cl4NO3/c14-6-1-5-8(2-7(6)15)18(13(17)12(5)16)11-3-9(20)10(4-19)21-11/h1-2,9-11,19-20H,3-4H2/t9-,10+,11+/m0/s1. The monoisotopic (exact) mass is 369 g/mol. The summed E-state index contributed by atoms with van der Waals surface area (Å²) in [5.74, 6) is 0. The molecule has 2 heterocycles. The molecule has 1 aromatic carbocycles. The van der Waals surface area contributed by atoms with Crippen LogP contribution in [0.3, 0.4) is 0 Å². The van der Waals surface area contributed by atoms with E-state index < -0.39 is 18.4 Å². The lowest BCUT2D eigenvalue weighted by molar-refractivity contribution is -0.0428. The summed E-state index contributed by atoms with van der Waals surface area (Å²) in [6.45, 7) is -0.269. The van der Waals surface area contributed by atoms with Gasteiger partial charge in [-0.1, -0.05) is 46.4 Å². The highest BCUT2D eigenvalue weighted by atomic mass is 35.5. The van der Waals surface area contributed by atoms with Crippen LogP contribution in [0.25, 0.3) is 10.9 Å². The van der Waals surface area contributed by atoms with Crippen LogP contribution >= 0.6 is 46.4 Å². The molecular formula is C13H11Cl4NO3. The Morgan fingerprint density at radius 3 is 2.48 bits per heavy atom. The molecule has 1 aliphatic heterocycles. The summed E-state index contributed by atoms with van der Waals surface area (Å²) in [7, 11) is 0. The van der Waals surface area contributed by atoms with Crippen molar-refractivity contribution >= 4 is 57.3 Å². The highest BCUT2D eigenvalue weighted by Crippen LogP contribution is 2.43. The van der Waals surface area contributed by atoms with Gasteiger partial charge in [0.2, 0.25) is 0 Å². The Bertz CT molecular complexity index is 703. The Morgan fingerprint density at radius 1 is 1.19 bits per heavy atom. The lowest BCUT2D eigenvalue weighted by Gasteiger charge is -2.16. The van der Waals surface area contributed by atoms with Crippen LogP contribution in [0.15, 0.2) is 12.1 Å². The van der Waals surface area contributed by atoms with Crippen LogP contribution < -0.4 is 0 Å². The smallest absolute Gasteiger partial charge is 0.138 e. The van der Waals surface area contributed by atoms with Gasteiger partial charge in [-0.05, 0) is 12.1 Å². The average Bonchev–Trinajstić information content (AvgIpc) is 2.91. The molecule has 0 saturated carbocycles. The van der Waals surface area contributed by atoms with E-state index in [9.17, 15) is 10.2 Å². The van der Waals surface area contributed by atoms with Gasteiger partial charge in [0.1, 0.15) is 17.5 Å². The van der Waals surface area contributed by atoms with Crippen LogP contribution in [0.5, 0.6) is 0 Å². The Labute approximate surface area is 140 Å². The first kappa shape index (κ1) is 15.7. The summed E-state index contributed by atoms with van der Waals surface area (Å²) in [5.41, 5.74) is 0.662. The first-order chi connectivity index (χ1) is 9.93. The second kappa shape index (κ2) is 5.78. The predicted molar refractivity (Wildman–Crippen MR) is 83.6 cm³/mol.